The molecule has 0 spiro atoms. The van der Waals surface area contributed by atoms with E-state index in [9.17, 15) is 39.6 Å². The number of nitrogens with two attached hydrogens (primary N) is 1. The SMILES string of the molecule is C=CCN(Cc1cc(N(C)C)c2c(c1O)C(O)=C1C(=O)[C@]3(O)C(O)=C(C(N)=O)C(=O)[C@@H](N(C)C)[C@@H]3C[C@@H]1C2)C(=O)OCC. The van der Waals surface area contributed by atoms with Crippen LogP contribution in [0.25, 0.3) is 5.76 Å². The Morgan fingerprint density at radius 3 is 2.37 bits per heavy atom. The first-order valence-corrected chi connectivity index (χ1v) is 13.9. The van der Waals surface area contributed by atoms with Gasteiger partial charge in [-0.2, -0.15) is 0 Å². The summed E-state index contributed by atoms with van der Waals surface area (Å²) in [6, 6.07) is 0.517. The van der Waals surface area contributed by atoms with Crippen LogP contribution in [0.1, 0.15) is 30.0 Å². The average Bonchev–Trinajstić information content (AvgIpc) is 2.91. The third-order valence-corrected chi connectivity index (χ3v) is 8.49. The van der Waals surface area contributed by atoms with Gasteiger partial charge in [0.1, 0.15) is 22.8 Å². The predicted molar refractivity (Wildman–Crippen MR) is 156 cm³/mol. The Morgan fingerprint density at radius 2 is 1.84 bits per heavy atom. The first-order valence-electron chi connectivity index (χ1n) is 13.9. The van der Waals surface area contributed by atoms with Gasteiger partial charge < -0.3 is 40.7 Å². The molecule has 4 atom stereocenters. The number of ether oxygens (including phenoxy) is 1. The summed E-state index contributed by atoms with van der Waals surface area (Å²) in [4.78, 5) is 56.7. The van der Waals surface area contributed by atoms with Crippen molar-refractivity contribution in [2.45, 2.75) is 38.0 Å². The lowest BCUT2D eigenvalue weighted by Crippen LogP contribution is -2.65. The van der Waals surface area contributed by atoms with Crippen LogP contribution < -0.4 is 10.6 Å². The Kier molecular flexibility index (Phi) is 8.35. The summed E-state index contributed by atoms with van der Waals surface area (Å²) in [5.74, 6) is -7.21. The van der Waals surface area contributed by atoms with E-state index in [4.69, 9.17) is 10.5 Å². The first kappa shape index (κ1) is 31.6. The molecule has 0 unspecified atom stereocenters. The standard InChI is InChI=1S/C30H38N4O9/c1-7-9-34(29(41)43-8-2)13-15-12-18(32(3)4)16-10-14-11-17-22(33(5)6)25(37)21(28(31)40)27(39)30(17,42)26(38)19(14)24(36)20(16)23(15)35/h7,12,14,17,22,35-36,39,42H,1,8-11,13H2,2-6H3,(H2,31,40)/t14-,17-,22-,30-/m0/s1. The molecule has 2 amide bonds. The number of phenols is 1. The summed E-state index contributed by atoms with van der Waals surface area (Å²) in [5, 5.41) is 45.9. The number of likely N-dealkylation sites (N-methyl/N-ethyl adjacent to an activating group) is 1. The lowest BCUT2D eigenvalue weighted by molar-refractivity contribution is -0.153. The van der Waals surface area contributed by atoms with E-state index in [0.29, 0.717) is 11.3 Å². The van der Waals surface area contributed by atoms with Crippen molar-refractivity contribution < 1.29 is 44.3 Å². The zero-order chi connectivity index (χ0) is 32.1. The fourth-order valence-corrected chi connectivity index (χ4v) is 6.65. The highest BCUT2D eigenvalue weighted by molar-refractivity contribution is 6.24. The van der Waals surface area contributed by atoms with Crippen LogP contribution in [0.5, 0.6) is 5.75 Å². The van der Waals surface area contributed by atoms with Gasteiger partial charge in [-0.05, 0) is 51.4 Å². The summed E-state index contributed by atoms with van der Waals surface area (Å²) >= 11 is 0. The van der Waals surface area contributed by atoms with E-state index in [1.807, 2.05) is 0 Å². The number of ketones is 2. The molecule has 43 heavy (non-hydrogen) atoms. The molecule has 0 aromatic heterocycles. The Morgan fingerprint density at radius 1 is 1.19 bits per heavy atom. The number of aliphatic hydroxyl groups is 3. The molecule has 1 aromatic carbocycles. The van der Waals surface area contributed by atoms with Gasteiger partial charge in [0, 0.05) is 43.4 Å². The Balaban J connectivity index is 1.94. The van der Waals surface area contributed by atoms with Crippen LogP contribution in [-0.4, -0.2) is 107 Å². The number of phenolic OH excluding ortho intramolecular Hbond substituents is 1. The Hall–Kier alpha value is -4.36. The molecule has 4 rings (SSSR count). The summed E-state index contributed by atoms with van der Waals surface area (Å²) in [6.45, 7) is 5.44. The van der Waals surface area contributed by atoms with E-state index in [2.05, 4.69) is 6.58 Å². The number of amides is 2. The van der Waals surface area contributed by atoms with Crippen LogP contribution >= 0.6 is 0 Å². The molecule has 1 aromatic rings. The van der Waals surface area contributed by atoms with E-state index >= 15 is 0 Å². The van der Waals surface area contributed by atoms with E-state index in [0.717, 1.165) is 0 Å². The number of hydrogen-bond donors (Lipinski definition) is 5. The molecular weight excluding hydrogens is 560 g/mol. The quantitative estimate of drug-likeness (QED) is 0.213. The summed E-state index contributed by atoms with van der Waals surface area (Å²) in [7, 11) is 6.62. The molecule has 3 aliphatic rings. The number of aromatic hydroxyl groups is 1. The zero-order valence-electron chi connectivity index (χ0n) is 24.9. The number of carbonyl (C=O) groups is 4. The van der Waals surface area contributed by atoms with Crippen molar-refractivity contribution in [2.75, 3.05) is 46.2 Å². The van der Waals surface area contributed by atoms with Gasteiger partial charge >= 0.3 is 6.09 Å². The van der Waals surface area contributed by atoms with E-state index in [1.54, 1.807) is 46.1 Å². The number of fused-ring (bicyclic) bond motifs is 3. The third-order valence-electron chi connectivity index (χ3n) is 8.49. The highest BCUT2D eigenvalue weighted by Gasteiger charge is 2.64. The number of primary amides is 1. The minimum absolute atomic E-state index is 0.0168. The number of nitrogens with zero attached hydrogens (tertiary/aromatic N) is 3. The van der Waals surface area contributed by atoms with Crippen molar-refractivity contribution in [1.82, 2.24) is 9.80 Å². The van der Waals surface area contributed by atoms with Crippen molar-refractivity contribution in [1.29, 1.82) is 0 Å². The van der Waals surface area contributed by atoms with E-state index in [1.165, 1.54) is 15.9 Å². The van der Waals surface area contributed by atoms with E-state index < -0.39 is 64.1 Å². The highest BCUT2D eigenvalue weighted by Crippen LogP contribution is 2.54. The molecular formula is C30H38N4O9. The fourth-order valence-electron chi connectivity index (χ4n) is 6.65. The fraction of sp³-hybridized carbons (Fsp3) is 0.467. The van der Waals surface area contributed by atoms with Crippen LogP contribution in [0, 0.1) is 11.8 Å². The molecule has 3 aliphatic carbocycles. The maximum Gasteiger partial charge on any atom is 0.410 e. The van der Waals surface area contributed by atoms with Gasteiger partial charge in [0.2, 0.25) is 5.78 Å². The topological polar surface area (TPSA) is 194 Å². The van der Waals surface area contributed by atoms with Crippen LogP contribution in [0.3, 0.4) is 0 Å². The summed E-state index contributed by atoms with van der Waals surface area (Å²) in [5.41, 5.74) is 2.84. The molecule has 1 saturated carbocycles. The normalized spacial score (nSPS) is 24.8. The molecule has 232 valence electrons. The van der Waals surface area contributed by atoms with Crippen molar-refractivity contribution in [3.63, 3.8) is 0 Å². The molecule has 1 fully saturated rings. The monoisotopic (exact) mass is 598 g/mol. The maximum atomic E-state index is 14.1. The van der Waals surface area contributed by atoms with Crippen LogP contribution in [0.15, 0.2) is 35.6 Å². The van der Waals surface area contributed by atoms with Gasteiger partial charge in [0.05, 0.1) is 24.8 Å². The predicted octanol–water partition coefficient (Wildman–Crippen LogP) is 1.17. The number of benzene rings is 1. The van der Waals surface area contributed by atoms with Crippen LogP contribution in [0.4, 0.5) is 10.5 Å². The van der Waals surface area contributed by atoms with Crippen LogP contribution in [-0.2, 0) is 32.1 Å². The first-order chi connectivity index (χ1) is 20.1. The number of aliphatic hydroxyl groups excluding tert-OH is 2. The molecule has 6 N–H and O–H groups in total. The number of rotatable bonds is 8. The number of anilines is 1. The summed E-state index contributed by atoms with van der Waals surface area (Å²) < 4.78 is 5.12. The molecule has 0 saturated heterocycles. The number of carbonyl (C=O) groups excluding carboxylic acids is 4. The second-order valence-corrected chi connectivity index (χ2v) is 11.5. The van der Waals surface area contributed by atoms with Gasteiger partial charge in [-0.1, -0.05) is 6.08 Å². The molecule has 0 aliphatic heterocycles. The largest absolute Gasteiger partial charge is 0.508 e. The second kappa shape index (κ2) is 11.4. The third kappa shape index (κ3) is 4.82. The smallest absolute Gasteiger partial charge is 0.410 e. The van der Waals surface area contributed by atoms with Crippen molar-refractivity contribution >= 4 is 35.0 Å². The molecule has 0 radical (unpaired) electrons. The van der Waals surface area contributed by atoms with E-state index in [-0.39, 0.29) is 55.0 Å². The maximum absolute atomic E-state index is 14.1. The van der Waals surface area contributed by atoms with Gasteiger partial charge in [0.25, 0.3) is 5.91 Å². The van der Waals surface area contributed by atoms with Gasteiger partial charge in [0.15, 0.2) is 11.4 Å². The Bertz CT molecular complexity index is 1480. The molecule has 13 heteroatoms. The molecule has 13 nitrogen and oxygen atoms in total. The van der Waals surface area contributed by atoms with Crippen molar-refractivity contribution in [3.8, 4) is 5.75 Å². The highest BCUT2D eigenvalue weighted by atomic mass is 16.6. The number of Topliss-reactive ketones (excluding diaryl/α,β-unsaturated/α-hetero) is 2. The molecule has 0 heterocycles. The van der Waals surface area contributed by atoms with Gasteiger partial charge in [-0.3, -0.25) is 19.3 Å². The minimum Gasteiger partial charge on any atom is -0.508 e. The summed E-state index contributed by atoms with van der Waals surface area (Å²) in [6.07, 6.45) is 0.984. The van der Waals surface area contributed by atoms with Gasteiger partial charge in [-0.15, -0.1) is 6.58 Å². The number of hydrogen-bond acceptors (Lipinski definition) is 11. The second-order valence-electron chi connectivity index (χ2n) is 11.5. The van der Waals surface area contributed by atoms with Crippen molar-refractivity contribution in [2.24, 2.45) is 17.6 Å². The zero-order valence-corrected chi connectivity index (χ0v) is 24.9. The lowest BCUT2D eigenvalue weighted by atomic mass is 9.57. The van der Waals surface area contributed by atoms with Crippen LogP contribution in [0.2, 0.25) is 0 Å². The van der Waals surface area contributed by atoms with Crippen molar-refractivity contribution in [3.05, 3.63) is 52.3 Å². The molecule has 0 bridgehead atoms. The Labute approximate surface area is 249 Å². The van der Waals surface area contributed by atoms with Gasteiger partial charge in [-0.25, -0.2) is 4.79 Å². The lowest BCUT2D eigenvalue weighted by Gasteiger charge is -2.50. The average molecular weight is 599 g/mol. The minimum atomic E-state index is -2.73.